The first-order valence-electron chi connectivity index (χ1n) is 37.2. The molecule has 6 aliphatic heterocycles. The van der Waals surface area contributed by atoms with Crippen molar-refractivity contribution in [1.82, 2.24) is 16.0 Å². The molecule has 0 radical (unpaired) electrons. The lowest BCUT2D eigenvalue weighted by Gasteiger charge is -2.49. The molecular weight excluding hydrogens is 1290 g/mol. The molecule has 2 spiro atoms. The molecule has 5 aromatic carbocycles. The molecule has 1 saturated heterocycles. The maximum absolute atomic E-state index is 14.3. The number of carbonyl (C=O) groups excluding carboxylic acids is 1. The van der Waals surface area contributed by atoms with Gasteiger partial charge in [-0.3, -0.25) is 4.79 Å². The maximum Gasteiger partial charge on any atom is 0.302 e. The quantitative estimate of drug-likeness (QED) is 0.0299. The van der Waals surface area contributed by atoms with Crippen molar-refractivity contribution >= 4 is 33.6 Å². The number of methoxy groups -OCH3 is 1. The Kier molecular flexibility index (Phi) is 18.2. The Bertz CT molecular complexity index is 4260. The second-order valence-electron chi connectivity index (χ2n) is 31.1. The van der Waals surface area contributed by atoms with E-state index in [4.69, 9.17) is 29.4 Å². The summed E-state index contributed by atoms with van der Waals surface area (Å²) >= 11 is 0. The molecule has 17 rings (SSSR count). The van der Waals surface area contributed by atoms with E-state index in [1.54, 1.807) is 13.2 Å². The van der Waals surface area contributed by atoms with Crippen LogP contribution in [0.2, 0.25) is 0 Å². The molecular formula is C84H94N4O10S2. The van der Waals surface area contributed by atoms with Gasteiger partial charge in [0.1, 0.15) is 42.0 Å². The molecule has 6 aliphatic carbocycles. The fourth-order valence-corrected chi connectivity index (χ4v) is 24.5. The predicted octanol–water partition coefficient (Wildman–Crippen LogP) is 12.9. The molecule has 16 heteroatoms. The average Bonchev–Trinajstić information content (AvgIpc) is 1.51. The molecule has 12 aliphatic rings. The number of phenolic OH excluding ortho intramolecular Hbond substituents is 2. The monoisotopic (exact) mass is 1380 g/mol. The minimum absolute atomic E-state index is 0.00288. The van der Waals surface area contributed by atoms with Crippen LogP contribution in [0.25, 0.3) is 17.2 Å². The lowest BCUT2D eigenvalue weighted by molar-refractivity contribution is -0.141. The zero-order chi connectivity index (χ0) is 68.0. The summed E-state index contributed by atoms with van der Waals surface area (Å²) in [5.41, 5.74) is 20.7. The fraction of sp³-hybridized carbons (Fsp3) is 0.512. The van der Waals surface area contributed by atoms with Gasteiger partial charge in [-0.25, -0.2) is 0 Å². The Morgan fingerprint density at radius 3 is 2.57 bits per heavy atom. The van der Waals surface area contributed by atoms with Gasteiger partial charge in [-0.05, 0) is 170 Å². The number of hydrogen-bond donors (Lipinski definition) is 8. The van der Waals surface area contributed by atoms with Gasteiger partial charge in [-0.1, -0.05) is 144 Å². The second-order valence-corrected chi connectivity index (χ2v) is 33.8. The van der Waals surface area contributed by atoms with Crippen molar-refractivity contribution in [2.24, 2.45) is 41.2 Å². The fourth-order valence-electron chi connectivity index (χ4n) is 21.2. The standard InChI is InChI=1S/C84H94N4O10S2/c1-47(91)95-44-66-59-22-23-61-73-55(37-58(92)38-70(73)96-46-90)40-83-32-29-53(39-83)76-60-25-28-72(85)88-68(60)26-20-51-17-18-52-35-54-36-56(84(76)30-7-4-8-31-84)21-19-50(54)14-10-16-67(64(42-89)65(52)43-94-2)86-41-63-74(51)75(79(66)97-80(59)77(61)83)62-24-27-69-82(98-81(62)78(63)93)71(34-48-11-5-3-6-12-48)100-99-45-49-13-9-15-57(33-49)87-69/h3,5-6,11-12,19,21-25,27-28,36-38,49,51-53,57,64-67,69,71-72,76,79,82,86-90,92-93H,4,7-10,13-16,29-35,39-46,85H2,1-2H3/t49-,51+,52+,53+,57+,64+,65-,66-,67-,69+,71-,72?,76-,79-,82+,83-/m0/s1. The Hall–Kier alpha value is -6.83. The number of benzene rings is 5. The van der Waals surface area contributed by atoms with Gasteiger partial charge in [0.05, 0.1) is 35.7 Å². The van der Waals surface area contributed by atoms with E-state index in [0.717, 1.165) is 152 Å². The zero-order valence-electron chi connectivity index (χ0n) is 57.5. The first-order valence-corrected chi connectivity index (χ1v) is 39.6. The van der Waals surface area contributed by atoms with Crippen LogP contribution in [0, 0.1) is 59.2 Å². The van der Waals surface area contributed by atoms with Crippen molar-refractivity contribution in [2.75, 3.05) is 39.5 Å². The zero-order valence-corrected chi connectivity index (χ0v) is 59.1. The first kappa shape index (κ1) is 66.4. The number of nitrogens with one attached hydrogen (secondary N) is 3. The number of hydrogen-bond acceptors (Lipinski definition) is 16. The van der Waals surface area contributed by atoms with Gasteiger partial charge in [0.2, 0.25) is 0 Å². The molecule has 3 saturated carbocycles. The minimum atomic E-state index is -0.898. The number of aromatic hydroxyl groups is 2. The van der Waals surface area contributed by atoms with Gasteiger partial charge in [-0.15, -0.1) is 0 Å². The number of phenols is 2. The van der Waals surface area contributed by atoms with Gasteiger partial charge in [0.15, 0.2) is 18.3 Å². The van der Waals surface area contributed by atoms with E-state index in [0.29, 0.717) is 53.6 Å². The molecule has 522 valence electrons. The van der Waals surface area contributed by atoms with Crippen molar-refractivity contribution in [2.45, 2.75) is 193 Å². The number of dihydropyridines is 1. The van der Waals surface area contributed by atoms with E-state index in [9.17, 15) is 25.2 Å². The van der Waals surface area contributed by atoms with Crippen LogP contribution in [0.5, 0.6) is 28.7 Å². The van der Waals surface area contributed by atoms with Crippen LogP contribution in [-0.2, 0) is 57.3 Å². The molecule has 0 amide bonds. The summed E-state index contributed by atoms with van der Waals surface area (Å²) in [6, 6.07) is 25.8. The van der Waals surface area contributed by atoms with E-state index in [-0.39, 0.29) is 89.6 Å². The SMILES string of the molecule is COC[C@@H]1[C@@H](CO)[C@@H]2CCCc3ccc4cc3C[C@H]1C#C[C@@H]1C#CC3=C(C=CC(N)N3)[C@H]([C@@H]3CC[C@@]5(Cc6cc(O)cc(OCO)c6-c6ccc7c(c65)O[C@H](c5c6c(c(O)c(c51)CN2)O[C@H]1[C@H](Cc2ccccc2)SSC[C@H]2CCC[C@H](C2)N[C@@H]1C=C6)[C@H]7COC(C)=O)C3)C41CCCCC1. The smallest absolute Gasteiger partial charge is 0.302 e. The predicted molar refractivity (Wildman–Crippen MR) is 392 cm³/mol. The van der Waals surface area contributed by atoms with E-state index >= 15 is 0 Å². The molecule has 4 fully saturated rings. The molecule has 6 heterocycles. The summed E-state index contributed by atoms with van der Waals surface area (Å²) in [5, 5.41) is 60.9. The molecule has 100 heavy (non-hydrogen) atoms. The minimum Gasteiger partial charge on any atom is -0.508 e. The van der Waals surface area contributed by atoms with Gasteiger partial charge in [-0.2, -0.15) is 0 Å². The van der Waals surface area contributed by atoms with Gasteiger partial charge in [0, 0.05) is 113 Å². The van der Waals surface area contributed by atoms with Gasteiger partial charge < -0.3 is 65.8 Å². The van der Waals surface area contributed by atoms with Crippen molar-refractivity contribution in [1.29, 1.82) is 0 Å². The number of carbonyl (C=O) groups is 1. The van der Waals surface area contributed by atoms with E-state index in [1.807, 2.05) is 27.7 Å². The Labute approximate surface area is 596 Å². The second kappa shape index (κ2) is 27.4. The van der Waals surface area contributed by atoms with Crippen molar-refractivity contribution in [3.8, 4) is 63.6 Å². The number of aryl methyl sites for hydroxylation is 1. The van der Waals surface area contributed by atoms with Crippen molar-refractivity contribution < 1.29 is 48.9 Å². The number of ether oxygens (including phenoxy) is 5. The number of allylic oxidation sites excluding steroid dienone is 3. The topological polar surface area (TPSA) is 206 Å². The number of rotatable bonds is 9. The summed E-state index contributed by atoms with van der Waals surface area (Å²) in [6.07, 6.45) is 23.6. The maximum atomic E-state index is 14.3. The van der Waals surface area contributed by atoms with E-state index in [2.05, 4.69) is 125 Å². The molecule has 1 unspecified atom stereocenters. The lowest BCUT2D eigenvalue weighted by atomic mass is 9.55. The van der Waals surface area contributed by atoms with Crippen LogP contribution in [0.3, 0.4) is 0 Å². The third-order valence-corrected chi connectivity index (χ3v) is 28.5. The molecule has 16 atom stereocenters. The number of fused-ring (bicyclic) bond motifs is 16. The Morgan fingerprint density at radius 1 is 0.850 bits per heavy atom. The number of aliphatic hydroxyl groups is 2. The van der Waals surface area contributed by atoms with Crippen LogP contribution in [0.4, 0.5) is 0 Å². The highest BCUT2D eigenvalue weighted by Crippen LogP contribution is 2.66. The third-order valence-electron chi connectivity index (χ3n) is 25.5. The van der Waals surface area contributed by atoms with Crippen LogP contribution < -0.4 is 35.9 Å². The first-order chi connectivity index (χ1) is 48.9. The Morgan fingerprint density at radius 2 is 1.73 bits per heavy atom. The third kappa shape index (κ3) is 11.8. The van der Waals surface area contributed by atoms with Crippen molar-refractivity contribution in [3.05, 3.63) is 163 Å². The number of aliphatic hydroxyl groups excluding tert-OH is 2. The van der Waals surface area contributed by atoms with Crippen LogP contribution in [0.1, 0.15) is 176 Å². The number of esters is 1. The van der Waals surface area contributed by atoms with Gasteiger partial charge in [0.25, 0.3) is 0 Å². The summed E-state index contributed by atoms with van der Waals surface area (Å²) in [6.45, 7) is 1.28. The molecule has 12 bridgehead atoms. The average molecular weight is 1380 g/mol. The van der Waals surface area contributed by atoms with Crippen LogP contribution in [0.15, 0.2) is 102 Å². The highest BCUT2D eigenvalue weighted by atomic mass is 33.1. The summed E-state index contributed by atoms with van der Waals surface area (Å²) in [4.78, 5) is 13.7. The Balaban J connectivity index is 1.01. The molecule has 0 aromatic heterocycles. The largest absolute Gasteiger partial charge is 0.508 e. The lowest BCUT2D eigenvalue weighted by Crippen LogP contribution is -2.52. The van der Waals surface area contributed by atoms with Crippen LogP contribution in [-0.4, -0.2) is 102 Å². The molecule has 5 aromatic rings. The highest BCUT2D eigenvalue weighted by molar-refractivity contribution is 8.77. The van der Waals surface area contributed by atoms with Crippen molar-refractivity contribution in [3.63, 3.8) is 0 Å². The summed E-state index contributed by atoms with van der Waals surface area (Å²) in [5.74, 6) is 16.4. The van der Waals surface area contributed by atoms with E-state index in [1.165, 1.54) is 35.6 Å². The van der Waals surface area contributed by atoms with E-state index < -0.39 is 48.4 Å². The summed E-state index contributed by atoms with van der Waals surface area (Å²) in [7, 11) is 5.62. The normalized spacial score (nSPS) is 32.2. The molecule has 9 N–H and O–H groups in total. The van der Waals surface area contributed by atoms with Crippen LogP contribution >= 0.6 is 21.6 Å². The number of nitrogens with two attached hydrogens (primary N) is 1. The van der Waals surface area contributed by atoms with Gasteiger partial charge >= 0.3 is 5.97 Å². The highest BCUT2D eigenvalue weighted by Gasteiger charge is 2.57. The summed E-state index contributed by atoms with van der Waals surface area (Å²) < 4.78 is 35.1. The molecule has 14 nitrogen and oxygen atoms in total.